The van der Waals surface area contributed by atoms with Crippen molar-refractivity contribution in [3.8, 4) is 0 Å². The third kappa shape index (κ3) is 4.01. The summed E-state index contributed by atoms with van der Waals surface area (Å²) in [5.74, 6) is -7.31. The Morgan fingerprint density at radius 1 is 1.10 bits per heavy atom. The van der Waals surface area contributed by atoms with Gasteiger partial charge in [-0.1, -0.05) is 0 Å². The van der Waals surface area contributed by atoms with Gasteiger partial charge in [0.05, 0.1) is 7.11 Å². The summed E-state index contributed by atoms with van der Waals surface area (Å²) in [4.78, 5) is 23.4. The van der Waals surface area contributed by atoms with Crippen LogP contribution in [-0.2, 0) is 14.3 Å². The van der Waals surface area contributed by atoms with Crippen molar-refractivity contribution in [1.82, 2.24) is 4.90 Å². The van der Waals surface area contributed by atoms with Crippen molar-refractivity contribution in [2.24, 2.45) is 5.92 Å². The monoisotopic (exact) mass is 321 g/mol. The Kier molecular flexibility index (Phi) is 5.11. The number of amides is 1. The van der Waals surface area contributed by atoms with E-state index < -0.39 is 36.2 Å². The largest absolute Gasteiger partial charge is 0.467 e. The smallest absolute Gasteiger partial charge is 0.409 e. The zero-order valence-electron chi connectivity index (χ0n) is 10.9. The first-order valence-corrected chi connectivity index (χ1v) is 6.02. The Morgan fingerprint density at radius 3 is 2.05 bits per heavy atom. The second-order valence-electron chi connectivity index (χ2n) is 4.58. The number of rotatable bonds is 2. The lowest BCUT2D eigenvalue weighted by Crippen LogP contribution is -2.56. The molecule has 1 aliphatic rings. The van der Waals surface area contributed by atoms with E-state index in [0.29, 0.717) is 11.3 Å². The van der Waals surface area contributed by atoms with Crippen molar-refractivity contribution < 1.29 is 40.7 Å². The molecule has 0 saturated carbocycles. The molecule has 1 atom stereocenters. The highest BCUT2D eigenvalue weighted by molar-refractivity contribution is 5.87. The average molecular weight is 321 g/mol. The van der Waals surface area contributed by atoms with Gasteiger partial charge in [0.1, 0.15) is 6.04 Å². The highest BCUT2D eigenvalue weighted by Gasteiger charge is 2.62. The molecule has 1 fully saturated rings. The summed E-state index contributed by atoms with van der Waals surface area (Å²) in [6.07, 6.45) is -10.9. The molecule has 21 heavy (non-hydrogen) atoms. The fraction of sp³-hybridized carbons (Fsp3) is 0.818. The Balaban J connectivity index is 3.09. The van der Waals surface area contributed by atoms with Gasteiger partial charge in [-0.25, -0.2) is 4.79 Å². The normalized spacial score (nSPS) is 20.6. The van der Waals surface area contributed by atoms with Gasteiger partial charge in [0, 0.05) is 6.54 Å². The van der Waals surface area contributed by atoms with Gasteiger partial charge in [-0.3, -0.25) is 4.79 Å². The van der Waals surface area contributed by atoms with Crippen molar-refractivity contribution in [2.75, 3.05) is 13.7 Å². The number of hydrogen-bond donors (Lipinski definition) is 0. The van der Waals surface area contributed by atoms with Crippen LogP contribution in [0.5, 0.6) is 0 Å². The van der Waals surface area contributed by atoms with Gasteiger partial charge in [-0.05, 0) is 19.3 Å². The Hall–Kier alpha value is -1.48. The second-order valence-corrected chi connectivity index (χ2v) is 4.58. The number of ether oxygens (including phenoxy) is 1. The molecule has 0 aromatic rings. The molecule has 0 aromatic carbocycles. The number of likely N-dealkylation sites (tertiary alicyclic amines) is 1. The van der Waals surface area contributed by atoms with Crippen LogP contribution in [0, 0.1) is 5.92 Å². The van der Waals surface area contributed by atoms with E-state index in [2.05, 4.69) is 4.74 Å². The zero-order valence-corrected chi connectivity index (χ0v) is 10.9. The van der Waals surface area contributed by atoms with Crippen LogP contribution in [0.4, 0.5) is 26.3 Å². The van der Waals surface area contributed by atoms with E-state index in [0.717, 1.165) is 7.11 Å². The number of nitrogens with zero attached hydrogens (tertiary/aromatic N) is 1. The van der Waals surface area contributed by atoms with E-state index in [1.54, 1.807) is 0 Å². The van der Waals surface area contributed by atoms with Crippen LogP contribution in [0.3, 0.4) is 0 Å². The van der Waals surface area contributed by atoms with Crippen molar-refractivity contribution in [3.63, 3.8) is 0 Å². The van der Waals surface area contributed by atoms with Gasteiger partial charge in [-0.2, -0.15) is 26.3 Å². The van der Waals surface area contributed by atoms with Crippen LogP contribution in [0.1, 0.15) is 19.3 Å². The number of piperidine rings is 1. The van der Waals surface area contributed by atoms with E-state index in [9.17, 15) is 35.9 Å². The summed E-state index contributed by atoms with van der Waals surface area (Å²) in [6, 6.07) is -1.41. The van der Waals surface area contributed by atoms with E-state index in [4.69, 9.17) is 0 Å². The van der Waals surface area contributed by atoms with Crippen molar-refractivity contribution in [2.45, 2.75) is 37.7 Å². The van der Waals surface area contributed by atoms with Crippen LogP contribution in [0.25, 0.3) is 0 Å². The van der Waals surface area contributed by atoms with E-state index >= 15 is 0 Å². The third-order valence-corrected chi connectivity index (χ3v) is 3.16. The summed E-state index contributed by atoms with van der Waals surface area (Å²) in [5.41, 5.74) is 0. The van der Waals surface area contributed by atoms with E-state index in [-0.39, 0.29) is 19.4 Å². The summed E-state index contributed by atoms with van der Waals surface area (Å²) in [5, 5.41) is 0. The number of methoxy groups -OCH3 is 1. The molecule has 1 saturated heterocycles. The highest BCUT2D eigenvalue weighted by Crippen LogP contribution is 2.41. The maximum atomic E-state index is 12.5. The SMILES string of the molecule is COC(=O)C1CCCCN1C(=O)C(C(F)(F)F)C(F)(F)F. The number of alkyl halides is 6. The van der Waals surface area contributed by atoms with Gasteiger partial charge < -0.3 is 9.64 Å². The maximum Gasteiger partial charge on any atom is 0.409 e. The van der Waals surface area contributed by atoms with Gasteiger partial charge >= 0.3 is 18.3 Å². The number of carbonyl (C=O) groups is 2. The highest BCUT2D eigenvalue weighted by atomic mass is 19.4. The molecule has 4 nitrogen and oxygen atoms in total. The summed E-state index contributed by atoms with van der Waals surface area (Å²) in [6.45, 7) is -0.346. The van der Waals surface area contributed by atoms with Crippen LogP contribution in [-0.4, -0.2) is 48.8 Å². The van der Waals surface area contributed by atoms with Gasteiger partial charge in [-0.15, -0.1) is 0 Å². The predicted molar refractivity (Wildman–Crippen MR) is 57.0 cm³/mol. The van der Waals surface area contributed by atoms with Crippen LogP contribution in [0.2, 0.25) is 0 Å². The molecule has 0 aromatic heterocycles. The lowest BCUT2D eigenvalue weighted by molar-refractivity contribution is -0.278. The Labute approximate surface area is 116 Å². The van der Waals surface area contributed by atoms with Crippen LogP contribution in [0.15, 0.2) is 0 Å². The Morgan fingerprint density at radius 2 is 1.62 bits per heavy atom. The standard InChI is InChI=1S/C11H13F6NO3/c1-21-9(20)6-4-2-3-5-18(6)8(19)7(10(12,13)14)11(15,16)17/h6-7H,2-5H2,1H3. The first-order chi connectivity index (χ1) is 9.50. The molecule has 0 bridgehead atoms. The minimum Gasteiger partial charge on any atom is -0.467 e. The minimum atomic E-state index is -5.77. The molecule has 0 radical (unpaired) electrons. The quantitative estimate of drug-likeness (QED) is 0.579. The topological polar surface area (TPSA) is 46.6 Å². The van der Waals surface area contributed by atoms with E-state index in [1.165, 1.54) is 0 Å². The minimum absolute atomic E-state index is 0.0269. The molecule has 1 heterocycles. The molecule has 1 unspecified atom stereocenters. The van der Waals surface area contributed by atoms with Crippen molar-refractivity contribution >= 4 is 11.9 Å². The number of halogens is 6. The molecular weight excluding hydrogens is 308 g/mol. The van der Waals surface area contributed by atoms with Gasteiger partial charge in [0.2, 0.25) is 11.8 Å². The molecule has 1 rings (SSSR count). The fourth-order valence-corrected chi connectivity index (χ4v) is 2.21. The first kappa shape index (κ1) is 17.6. The van der Waals surface area contributed by atoms with Gasteiger partial charge in [0.15, 0.2) is 0 Å². The average Bonchev–Trinajstić information content (AvgIpc) is 2.34. The molecular formula is C11H13F6NO3. The zero-order chi connectivity index (χ0) is 16.4. The fourth-order valence-electron chi connectivity index (χ4n) is 2.21. The lowest BCUT2D eigenvalue weighted by atomic mass is 9.98. The molecule has 0 aliphatic carbocycles. The maximum absolute atomic E-state index is 12.5. The summed E-state index contributed by atoms with van der Waals surface area (Å²) >= 11 is 0. The number of esters is 1. The van der Waals surface area contributed by atoms with Crippen molar-refractivity contribution in [3.05, 3.63) is 0 Å². The lowest BCUT2D eigenvalue weighted by Gasteiger charge is -2.36. The molecule has 1 amide bonds. The van der Waals surface area contributed by atoms with Crippen LogP contribution < -0.4 is 0 Å². The summed E-state index contributed by atoms with van der Waals surface area (Å²) < 4.78 is 79.6. The first-order valence-electron chi connectivity index (χ1n) is 6.02. The predicted octanol–water partition coefficient (Wildman–Crippen LogP) is 2.28. The molecule has 122 valence electrons. The second kappa shape index (κ2) is 6.10. The number of carbonyl (C=O) groups excluding carboxylic acids is 2. The number of hydrogen-bond acceptors (Lipinski definition) is 3. The third-order valence-electron chi connectivity index (χ3n) is 3.16. The molecule has 0 N–H and O–H groups in total. The van der Waals surface area contributed by atoms with E-state index in [1.807, 2.05) is 0 Å². The van der Waals surface area contributed by atoms with Crippen molar-refractivity contribution in [1.29, 1.82) is 0 Å². The van der Waals surface area contributed by atoms with Crippen LogP contribution >= 0.6 is 0 Å². The molecule has 0 spiro atoms. The summed E-state index contributed by atoms with van der Waals surface area (Å²) in [7, 11) is 0.949. The van der Waals surface area contributed by atoms with Gasteiger partial charge in [0.25, 0.3) is 0 Å². The molecule has 1 aliphatic heterocycles. The molecule has 10 heteroatoms. The Bertz CT molecular complexity index is 392.